The minimum absolute atomic E-state index is 0.0857. The molecular weight excluding hydrogens is 461 g/mol. The van der Waals surface area contributed by atoms with Gasteiger partial charge in [-0.15, -0.1) is 0 Å². The number of methoxy groups -OCH3 is 1. The van der Waals surface area contributed by atoms with E-state index in [-0.39, 0.29) is 24.7 Å². The molecule has 0 radical (unpaired) electrons. The summed E-state index contributed by atoms with van der Waals surface area (Å²) in [5.41, 5.74) is 1.09. The molecule has 0 bridgehead atoms. The number of hydrogen-bond donors (Lipinski definition) is 1. The van der Waals surface area contributed by atoms with Gasteiger partial charge in [-0.2, -0.15) is 4.31 Å². The highest BCUT2D eigenvalue weighted by atomic mass is 32.2. The zero-order valence-corrected chi connectivity index (χ0v) is 20.6. The van der Waals surface area contributed by atoms with E-state index in [2.05, 4.69) is 10.2 Å². The zero-order valence-electron chi connectivity index (χ0n) is 19.8. The van der Waals surface area contributed by atoms with Crippen LogP contribution in [0.3, 0.4) is 0 Å². The van der Waals surface area contributed by atoms with E-state index in [0.29, 0.717) is 19.8 Å². The molecule has 1 unspecified atom stereocenters. The molecule has 1 heterocycles. The summed E-state index contributed by atoms with van der Waals surface area (Å²) in [5, 5.41) is 2.90. The van der Waals surface area contributed by atoms with Gasteiger partial charge in [0.25, 0.3) is 5.91 Å². The smallest absolute Gasteiger partial charge is 0.251 e. The lowest BCUT2D eigenvalue weighted by molar-refractivity contribution is 0.0162. The number of benzene rings is 2. The third-order valence-corrected chi connectivity index (χ3v) is 8.02. The first-order valence-corrected chi connectivity index (χ1v) is 12.8. The molecule has 3 rings (SSSR count). The molecule has 1 amide bonds. The monoisotopic (exact) mass is 493 g/mol. The molecule has 1 atom stereocenters. The quantitative estimate of drug-likeness (QED) is 0.548. The summed E-state index contributed by atoms with van der Waals surface area (Å²) >= 11 is 0. The lowest BCUT2D eigenvalue weighted by atomic mass is 10.0. The summed E-state index contributed by atoms with van der Waals surface area (Å²) in [5.74, 6) is -0.614. The van der Waals surface area contributed by atoms with Gasteiger partial charge in [-0.05, 0) is 35.9 Å². The van der Waals surface area contributed by atoms with Crippen molar-refractivity contribution < 1.29 is 27.1 Å². The Bertz CT molecular complexity index is 1070. The Morgan fingerprint density at radius 2 is 1.79 bits per heavy atom. The Morgan fingerprint density at radius 3 is 2.38 bits per heavy atom. The number of hydrogen-bond acceptors (Lipinski definition) is 6. The Balaban J connectivity index is 1.81. The average Bonchev–Trinajstić information content (AvgIpc) is 2.85. The summed E-state index contributed by atoms with van der Waals surface area (Å²) < 4.78 is 52.0. The fourth-order valence-corrected chi connectivity index (χ4v) is 5.56. The van der Waals surface area contributed by atoms with Gasteiger partial charge in [0.2, 0.25) is 10.0 Å². The molecule has 2 aromatic rings. The van der Waals surface area contributed by atoms with Gasteiger partial charge in [-0.1, -0.05) is 26.0 Å². The number of carbonyl (C=O) groups excluding carboxylic acids is 1. The fraction of sp³-hybridized carbons (Fsp3) is 0.458. The topological polar surface area (TPSA) is 88.2 Å². The van der Waals surface area contributed by atoms with Gasteiger partial charge in [-0.3, -0.25) is 9.69 Å². The maximum atomic E-state index is 14.4. The predicted octanol–water partition coefficient (Wildman–Crippen LogP) is 2.67. The number of amides is 1. The molecule has 1 saturated heterocycles. The van der Waals surface area contributed by atoms with Gasteiger partial charge in [0.1, 0.15) is 16.5 Å². The van der Waals surface area contributed by atoms with Crippen molar-refractivity contribution in [3.63, 3.8) is 0 Å². The second-order valence-corrected chi connectivity index (χ2v) is 9.79. The van der Waals surface area contributed by atoms with Gasteiger partial charge in [0, 0.05) is 38.3 Å². The molecular formula is C24H32FN3O5S. The van der Waals surface area contributed by atoms with Crippen LogP contribution in [0.25, 0.3) is 0 Å². The average molecular weight is 494 g/mol. The van der Waals surface area contributed by atoms with Crippen LogP contribution in [0.1, 0.15) is 35.8 Å². The summed E-state index contributed by atoms with van der Waals surface area (Å²) in [6.45, 7) is 6.71. The van der Waals surface area contributed by atoms with Crippen LogP contribution in [0.2, 0.25) is 0 Å². The van der Waals surface area contributed by atoms with Gasteiger partial charge in [-0.25, -0.2) is 12.8 Å². The molecule has 10 heteroatoms. The van der Waals surface area contributed by atoms with E-state index < -0.39 is 26.6 Å². The SMILES string of the molecule is CCN(CC)S(=O)(=O)c1cc(C(=O)NCC(c2ccc(OC)cc2)N2CCOCC2)ccc1F. The van der Waals surface area contributed by atoms with Gasteiger partial charge < -0.3 is 14.8 Å². The number of carbonyl (C=O) groups is 1. The minimum atomic E-state index is -4.04. The van der Waals surface area contributed by atoms with Crippen molar-refractivity contribution in [3.05, 3.63) is 59.4 Å². The largest absolute Gasteiger partial charge is 0.497 e. The molecule has 0 aromatic heterocycles. The van der Waals surface area contributed by atoms with Crippen molar-refractivity contribution in [2.45, 2.75) is 24.8 Å². The van der Waals surface area contributed by atoms with Gasteiger partial charge in [0.05, 0.1) is 26.4 Å². The molecule has 2 aromatic carbocycles. The van der Waals surface area contributed by atoms with Crippen LogP contribution in [-0.2, 0) is 14.8 Å². The number of halogens is 1. The molecule has 1 aliphatic rings. The lowest BCUT2D eigenvalue weighted by Crippen LogP contribution is -2.43. The highest BCUT2D eigenvalue weighted by Gasteiger charge is 2.27. The van der Waals surface area contributed by atoms with Crippen molar-refractivity contribution in [1.29, 1.82) is 0 Å². The van der Waals surface area contributed by atoms with Crippen molar-refractivity contribution >= 4 is 15.9 Å². The number of nitrogens with one attached hydrogen (secondary N) is 1. The molecule has 1 fully saturated rings. The second-order valence-electron chi connectivity index (χ2n) is 7.88. The predicted molar refractivity (Wildman–Crippen MR) is 127 cm³/mol. The van der Waals surface area contributed by atoms with E-state index in [1.54, 1.807) is 21.0 Å². The molecule has 0 spiro atoms. The summed E-state index contributed by atoms with van der Waals surface area (Å²) in [6, 6.07) is 11.0. The molecule has 34 heavy (non-hydrogen) atoms. The van der Waals surface area contributed by atoms with Crippen LogP contribution in [0.15, 0.2) is 47.4 Å². The first-order valence-electron chi connectivity index (χ1n) is 11.4. The summed E-state index contributed by atoms with van der Waals surface area (Å²) in [7, 11) is -2.44. The van der Waals surface area contributed by atoms with Crippen LogP contribution in [-0.4, -0.2) is 76.6 Å². The zero-order chi connectivity index (χ0) is 24.7. The Kier molecular flexibility index (Phi) is 9.01. The molecule has 0 saturated carbocycles. The highest BCUT2D eigenvalue weighted by Crippen LogP contribution is 2.25. The van der Waals surface area contributed by atoms with E-state index in [4.69, 9.17) is 9.47 Å². The Hall–Kier alpha value is -2.53. The van der Waals surface area contributed by atoms with E-state index in [9.17, 15) is 17.6 Å². The molecule has 186 valence electrons. The third-order valence-electron chi connectivity index (χ3n) is 5.96. The van der Waals surface area contributed by atoms with Gasteiger partial charge in [0.15, 0.2) is 0 Å². The van der Waals surface area contributed by atoms with E-state index in [1.807, 2.05) is 24.3 Å². The highest BCUT2D eigenvalue weighted by molar-refractivity contribution is 7.89. The Labute approximate surface area is 200 Å². The van der Waals surface area contributed by atoms with Crippen LogP contribution in [0.5, 0.6) is 5.75 Å². The standard InChI is InChI=1S/C24H32FN3O5S/c1-4-28(5-2)34(30,31)23-16-19(8-11-21(23)25)24(29)26-17-22(27-12-14-33-15-13-27)18-6-9-20(32-3)10-7-18/h6-11,16,22H,4-5,12-15,17H2,1-3H3,(H,26,29). The van der Waals surface area contributed by atoms with Crippen molar-refractivity contribution in [3.8, 4) is 5.75 Å². The van der Waals surface area contributed by atoms with Crippen molar-refractivity contribution in [1.82, 2.24) is 14.5 Å². The normalized spacial score (nSPS) is 15.8. The van der Waals surface area contributed by atoms with Crippen molar-refractivity contribution in [2.24, 2.45) is 0 Å². The number of rotatable bonds is 10. The maximum Gasteiger partial charge on any atom is 0.251 e. The summed E-state index contributed by atoms with van der Waals surface area (Å²) in [6.07, 6.45) is 0. The number of ether oxygens (including phenoxy) is 2. The van der Waals surface area contributed by atoms with E-state index >= 15 is 0 Å². The van der Waals surface area contributed by atoms with Crippen molar-refractivity contribution in [2.75, 3.05) is 53.0 Å². The van der Waals surface area contributed by atoms with E-state index in [1.165, 1.54) is 6.07 Å². The first kappa shape index (κ1) is 26.1. The number of nitrogens with zero attached hydrogens (tertiary/aromatic N) is 2. The van der Waals surface area contributed by atoms with Crippen LogP contribution in [0.4, 0.5) is 4.39 Å². The first-order chi connectivity index (χ1) is 16.3. The fourth-order valence-electron chi connectivity index (χ4n) is 4.01. The van der Waals surface area contributed by atoms with Crippen LogP contribution >= 0.6 is 0 Å². The molecule has 0 aliphatic carbocycles. The summed E-state index contributed by atoms with van der Waals surface area (Å²) in [4.78, 5) is 14.7. The number of sulfonamides is 1. The lowest BCUT2D eigenvalue weighted by Gasteiger charge is -2.35. The second kappa shape index (κ2) is 11.7. The molecule has 8 nitrogen and oxygen atoms in total. The molecule has 1 aliphatic heterocycles. The number of morpholine rings is 1. The maximum absolute atomic E-state index is 14.4. The third kappa shape index (κ3) is 5.93. The van der Waals surface area contributed by atoms with E-state index in [0.717, 1.165) is 40.8 Å². The van der Waals surface area contributed by atoms with Crippen LogP contribution < -0.4 is 10.1 Å². The van der Waals surface area contributed by atoms with Gasteiger partial charge >= 0.3 is 0 Å². The Morgan fingerprint density at radius 1 is 1.15 bits per heavy atom. The minimum Gasteiger partial charge on any atom is -0.497 e. The van der Waals surface area contributed by atoms with Crippen LogP contribution in [0, 0.1) is 5.82 Å². The molecule has 1 N–H and O–H groups in total.